The molecule has 1 unspecified atom stereocenters. The number of carbonyl (C=O) groups is 2. The fraction of sp³-hybridized carbons (Fsp3) is 0.500. The number of urea groups is 1. The average Bonchev–Trinajstić information content (AvgIpc) is 2.55. The van der Waals surface area contributed by atoms with Gasteiger partial charge in [0.05, 0.1) is 23.1 Å². The monoisotopic (exact) mass is 387 g/mol. The standard InChI is InChI=1S/C16H25N3O6S/c1-6-25-14-8-7-12(26(23,24)18(3)4)9-13(14)17-16(22)19(5)10-11(2)15(20)21/h7-9,11H,6,10H2,1-5H3,(H,17,22)(H,20,21). The number of sulfonamides is 1. The molecule has 1 aromatic rings. The van der Waals surface area contributed by atoms with Crippen molar-refractivity contribution in [1.82, 2.24) is 9.21 Å². The SMILES string of the molecule is CCOc1ccc(S(=O)(=O)N(C)C)cc1NC(=O)N(C)CC(C)C(=O)O. The lowest BCUT2D eigenvalue weighted by molar-refractivity contribution is -0.141. The topological polar surface area (TPSA) is 116 Å². The number of anilines is 1. The summed E-state index contributed by atoms with van der Waals surface area (Å²) in [7, 11) is 0.587. The van der Waals surface area contributed by atoms with Gasteiger partial charge >= 0.3 is 12.0 Å². The normalized spacial score (nSPS) is 12.5. The Morgan fingerprint density at radius 2 is 1.88 bits per heavy atom. The lowest BCUT2D eigenvalue weighted by Gasteiger charge is -2.21. The van der Waals surface area contributed by atoms with E-state index in [1.165, 1.54) is 51.2 Å². The highest BCUT2D eigenvalue weighted by Crippen LogP contribution is 2.29. The van der Waals surface area contributed by atoms with Crippen molar-refractivity contribution in [1.29, 1.82) is 0 Å². The smallest absolute Gasteiger partial charge is 0.321 e. The van der Waals surface area contributed by atoms with Crippen molar-refractivity contribution in [2.24, 2.45) is 5.92 Å². The number of benzene rings is 1. The van der Waals surface area contributed by atoms with Crippen LogP contribution in [0.5, 0.6) is 5.75 Å². The summed E-state index contributed by atoms with van der Waals surface area (Å²) in [6, 6.07) is 3.60. The Balaban J connectivity index is 3.12. The van der Waals surface area contributed by atoms with Gasteiger partial charge in [0.2, 0.25) is 10.0 Å². The molecule has 0 aliphatic heterocycles. The first kappa shape index (κ1) is 21.7. The molecular formula is C16H25N3O6S. The number of ether oxygens (including phenoxy) is 1. The number of carboxylic acids is 1. The molecule has 1 aromatic carbocycles. The minimum Gasteiger partial charge on any atom is -0.492 e. The summed E-state index contributed by atoms with van der Waals surface area (Å²) in [5.74, 6) is -1.44. The Morgan fingerprint density at radius 3 is 2.38 bits per heavy atom. The van der Waals surface area contributed by atoms with E-state index in [0.717, 1.165) is 4.31 Å². The summed E-state index contributed by atoms with van der Waals surface area (Å²) in [6.07, 6.45) is 0. The minimum atomic E-state index is -3.68. The van der Waals surface area contributed by atoms with Crippen LogP contribution in [-0.2, 0) is 14.8 Å². The summed E-state index contributed by atoms with van der Waals surface area (Å²) < 4.78 is 31.1. The maximum Gasteiger partial charge on any atom is 0.321 e. The predicted molar refractivity (Wildman–Crippen MR) is 96.9 cm³/mol. The molecule has 0 saturated heterocycles. The molecule has 2 amide bonds. The molecule has 0 fully saturated rings. The summed E-state index contributed by atoms with van der Waals surface area (Å²) in [6.45, 7) is 3.58. The number of hydrogen-bond acceptors (Lipinski definition) is 5. The molecule has 0 bridgehead atoms. The lowest BCUT2D eigenvalue weighted by atomic mass is 10.2. The van der Waals surface area contributed by atoms with E-state index < -0.39 is 27.9 Å². The van der Waals surface area contributed by atoms with E-state index in [1.807, 2.05) is 0 Å². The number of nitrogens with zero attached hydrogens (tertiary/aromatic N) is 2. The predicted octanol–water partition coefficient (Wildman–Crippen LogP) is 1.52. The van der Waals surface area contributed by atoms with Crippen LogP contribution in [0.4, 0.5) is 10.5 Å². The van der Waals surface area contributed by atoms with E-state index in [2.05, 4.69) is 5.32 Å². The fourth-order valence-electron chi connectivity index (χ4n) is 2.04. The second-order valence-corrected chi connectivity index (χ2v) is 8.08. The minimum absolute atomic E-state index is 0.000815. The largest absolute Gasteiger partial charge is 0.492 e. The maximum absolute atomic E-state index is 12.3. The second kappa shape index (κ2) is 8.86. The first-order valence-corrected chi connectivity index (χ1v) is 9.39. The highest BCUT2D eigenvalue weighted by Gasteiger charge is 2.22. The van der Waals surface area contributed by atoms with Crippen LogP contribution >= 0.6 is 0 Å². The van der Waals surface area contributed by atoms with Crippen molar-refractivity contribution in [2.45, 2.75) is 18.7 Å². The van der Waals surface area contributed by atoms with Crippen LogP contribution in [0.2, 0.25) is 0 Å². The van der Waals surface area contributed by atoms with Crippen molar-refractivity contribution >= 4 is 27.7 Å². The second-order valence-electron chi connectivity index (χ2n) is 5.93. The fourth-order valence-corrected chi connectivity index (χ4v) is 2.97. The summed E-state index contributed by atoms with van der Waals surface area (Å²) in [5, 5.41) is 11.5. The van der Waals surface area contributed by atoms with Gasteiger partial charge in [-0.2, -0.15) is 0 Å². The van der Waals surface area contributed by atoms with Crippen LogP contribution in [0.1, 0.15) is 13.8 Å². The molecule has 0 heterocycles. The zero-order valence-electron chi connectivity index (χ0n) is 15.5. The van der Waals surface area contributed by atoms with E-state index in [0.29, 0.717) is 12.4 Å². The van der Waals surface area contributed by atoms with E-state index in [4.69, 9.17) is 9.84 Å². The molecule has 0 aliphatic rings. The number of rotatable bonds is 8. The van der Waals surface area contributed by atoms with Crippen LogP contribution in [-0.4, -0.2) is 69.0 Å². The Morgan fingerprint density at radius 1 is 1.27 bits per heavy atom. The molecule has 0 radical (unpaired) electrons. The van der Waals surface area contributed by atoms with E-state index in [-0.39, 0.29) is 17.1 Å². The molecule has 10 heteroatoms. The van der Waals surface area contributed by atoms with Gasteiger partial charge < -0.3 is 20.1 Å². The van der Waals surface area contributed by atoms with E-state index >= 15 is 0 Å². The lowest BCUT2D eigenvalue weighted by Crippen LogP contribution is -2.36. The van der Waals surface area contributed by atoms with E-state index in [1.54, 1.807) is 6.92 Å². The maximum atomic E-state index is 12.3. The highest BCUT2D eigenvalue weighted by atomic mass is 32.2. The first-order valence-electron chi connectivity index (χ1n) is 7.95. The van der Waals surface area contributed by atoms with Gasteiger partial charge in [0.1, 0.15) is 5.75 Å². The quantitative estimate of drug-likeness (QED) is 0.699. The van der Waals surface area contributed by atoms with Crippen molar-refractivity contribution < 1.29 is 27.9 Å². The number of carbonyl (C=O) groups excluding carboxylic acids is 1. The molecule has 26 heavy (non-hydrogen) atoms. The molecule has 146 valence electrons. The molecule has 1 rings (SSSR count). The summed E-state index contributed by atoms with van der Waals surface area (Å²) >= 11 is 0. The molecule has 0 spiro atoms. The number of aliphatic carboxylic acids is 1. The van der Waals surface area contributed by atoms with Crippen LogP contribution in [0.15, 0.2) is 23.1 Å². The van der Waals surface area contributed by atoms with E-state index in [9.17, 15) is 18.0 Å². The van der Waals surface area contributed by atoms with Crippen LogP contribution in [0.3, 0.4) is 0 Å². The average molecular weight is 387 g/mol. The zero-order chi connectivity index (χ0) is 20.1. The van der Waals surface area contributed by atoms with Crippen molar-refractivity contribution in [2.75, 3.05) is 39.6 Å². The number of nitrogens with one attached hydrogen (secondary N) is 1. The molecular weight excluding hydrogens is 362 g/mol. The molecule has 9 nitrogen and oxygen atoms in total. The van der Waals surface area contributed by atoms with Crippen molar-refractivity contribution in [3.8, 4) is 5.75 Å². The molecule has 1 atom stereocenters. The third-order valence-corrected chi connectivity index (χ3v) is 5.40. The summed E-state index contributed by atoms with van der Waals surface area (Å²) in [5.41, 5.74) is 0.189. The Kier molecular flexibility index (Phi) is 7.40. The molecule has 0 aliphatic carbocycles. The Bertz CT molecular complexity index is 763. The number of amides is 2. The van der Waals surface area contributed by atoms with Gasteiger partial charge in [-0.1, -0.05) is 6.92 Å². The highest BCUT2D eigenvalue weighted by molar-refractivity contribution is 7.89. The Labute approximate surface area is 153 Å². The Hall–Kier alpha value is -2.33. The van der Waals surface area contributed by atoms with Gasteiger partial charge in [-0.15, -0.1) is 0 Å². The van der Waals surface area contributed by atoms with Gasteiger partial charge in [-0.25, -0.2) is 17.5 Å². The summed E-state index contributed by atoms with van der Waals surface area (Å²) in [4.78, 5) is 24.5. The van der Waals surface area contributed by atoms with Gasteiger partial charge in [0.15, 0.2) is 0 Å². The zero-order valence-corrected chi connectivity index (χ0v) is 16.3. The molecule has 0 aromatic heterocycles. The van der Waals surface area contributed by atoms with Crippen LogP contribution in [0, 0.1) is 5.92 Å². The molecule has 0 saturated carbocycles. The van der Waals surface area contributed by atoms with Crippen molar-refractivity contribution in [3.63, 3.8) is 0 Å². The van der Waals surface area contributed by atoms with Gasteiger partial charge in [-0.3, -0.25) is 4.79 Å². The van der Waals surface area contributed by atoms with Crippen molar-refractivity contribution in [3.05, 3.63) is 18.2 Å². The third kappa shape index (κ3) is 5.33. The molecule has 2 N–H and O–H groups in total. The third-order valence-electron chi connectivity index (χ3n) is 3.59. The van der Waals surface area contributed by atoms with Crippen LogP contribution < -0.4 is 10.1 Å². The van der Waals surface area contributed by atoms with Gasteiger partial charge in [-0.05, 0) is 25.1 Å². The number of hydrogen-bond donors (Lipinski definition) is 2. The first-order chi connectivity index (χ1) is 12.0. The van der Waals surface area contributed by atoms with Crippen LogP contribution in [0.25, 0.3) is 0 Å². The van der Waals surface area contributed by atoms with Gasteiger partial charge in [0, 0.05) is 27.7 Å². The van der Waals surface area contributed by atoms with Gasteiger partial charge in [0.25, 0.3) is 0 Å². The number of carboxylic acid groups (broad SMARTS) is 1.